The van der Waals surface area contributed by atoms with Crippen LogP contribution in [-0.4, -0.2) is 40.3 Å². The van der Waals surface area contributed by atoms with Crippen molar-refractivity contribution in [3.63, 3.8) is 0 Å². The molecule has 1 rings (SSSR count). The fourth-order valence-electron chi connectivity index (χ4n) is 1.76. The Hall–Kier alpha value is -2.81. The van der Waals surface area contributed by atoms with Crippen molar-refractivity contribution in [2.75, 3.05) is 6.54 Å². The Kier molecular flexibility index (Phi) is 6.81. The molecule has 0 heterocycles. The fourth-order valence-corrected chi connectivity index (χ4v) is 1.76. The molecule has 0 bridgehead atoms. The summed E-state index contributed by atoms with van der Waals surface area (Å²) in [7, 11) is 0. The summed E-state index contributed by atoms with van der Waals surface area (Å²) < 4.78 is 0. The maximum absolute atomic E-state index is 11.8. The molecule has 23 heavy (non-hydrogen) atoms. The standard InChI is InChI=1S/C14H17N3O6/c15-11(14(20)21)3-1-2-8-16-13(19)12(18)9-4-6-10(7-5-9)17(22)23/h4-7,11H,1-3,8,15H2,(H,16,19)(H,20,21)/t11-/m0/s1. The van der Waals surface area contributed by atoms with Crippen LogP contribution in [0, 0.1) is 10.1 Å². The number of ketones is 1. The number of nitrogens with zero attached hydrogens (tertiary/aromatic N) is 1. The molecule has 0 unspecified atom stereocenters. The number of nitrogens with one attached hydrogen (secondary N) is 1. The summed E-state index contributed by atoms with van der Waals surface area (Å²) in [4.78, 5) is 43.9. The average molecular weight is 323 g/mol. The second kappa shape index (κ2) is 8.59. The van der Waals surface area contributed by atoms with Gasteiger partial charge >= 0.3 is 5.97 Å². The van der Waals surface area contributed by atoms with Gasteiger partial charge in [0, 0.05) is 24.2 Å². The number of carboxylic acids is 1. The highest BCUT2D eigenvalue weighted by Crippen LogP contribution is 2.12. The molecule has 0 aliphatic carbocycles. The van der Waals surface area contributed by atoms with E-state index in [0.717, 1.165) is 12.1 Å². The summed E-state index contributed by atoms with van der Waals surface area (Å²) in [6, 6.07) is 3.78. The van der Waals surface area contributed by atoms with E-state index in [0.29, 0.717) is 12.8 Å². The molecule has 0 aliphatic rings. The Balaban J connectivity index is 2.38. The van der Waals surface area contributed by atoms with E-state index in [-0.39, 0.29) is 24.2 Å². The van der Waals surface area contributed by atoms with Gasteiger partial charge in [-0.15, -0.1) is 0 Å². The van der Waals surface area contributed by atoms with Gasteiger partial charge in [-0.2, -0.15) is 0 Å². The first-order chi connectivity index (χ1) is 10.8. The zero-order valence-electron chi connectivity index (χ0n) is 12.2. The number of hydrogen-bond donors (Lipinski definition) is 3. The molecule has 9 heteroatoms. The topological polar surface area (TPSA) is 153 Å². The molecule has 9 nitrogen and oxygen atoms in total. The maximum Gasteiger partial charge on any atom is 0.320 e. The SMILES string of the molecule is N[C@@H](CCCCNC(=O)C(=O)c1ccc([N+](=O)[O-])cc1)C(=O)O. The van der Waals surface area contributed by atoms with Crippen molar-refractivity contribution in [1.82, 2.24) is 5.32 Å². The largest absolute Gasteiger partial charge is 0.480 e. The number of aliphatic carboxylic acids is 1. The van der Waals surface area contributed by atoms with Crippen molar-refractivity contribution < 1.29 is 24.4 Å². The van der Waals surface area contributed by atoms with Crippen LogP contribution in [0.25, 0.3) is 0 Å². The van der Waals surface area contributed by atoms with Gasteiger partial charge in [0.25, 0.3) is 11.6 Å². The van der Waals surface area contributed by atoms with Crippen molar-refractivity contribution in [2.24, 2.45) is 5.73 Å². The minimum atomic E-state index is -1.08. The highest BCUT2D eigenvalue weighted by molar-refractivity contribution is 6.42. The highest BCUT2D eigenvalue weighted by atomic mass is 16.6. The molecule has 1 atom stereocenters. The Labute approximate surface area is 131 Å². The second-order valence-corrected chi connectivity index (χ2v) is 4.83. The lowest BCUT2D eigenvalue weighted by Gasteiger charge is -2.07. The van der Waals surface area contributed by atoms with Gasteiger partial charge in [0.2, 0.25) is 5.78 Å². The van der Waals surface area contributed by atoms with Crippen LogP contribution in [0.5, 0.6) is 0 Å². The molecule has 0 aromatic heterocycles. The van der Waals surface area contributed by atoms with Crippen LogP contribution in [0.4, 0.5) is 5.69 Å². The van der Waals surface area contributed by atoms with Crippen molar-refractivity contribution in [1.29, 1.82) is 0 Å². The average Bonchev–Trinajstić information content (AvgIpc) is 2.53. The summed E-state index contributed by atoms with van der Waals surface area (Å²) in [6.07, 6.45) is 1.27. The van der Waals surface area contributed by atoms with Gasteiger partial charge in [-0.25, -0.2) is 0 Å². The van der Waals surface area contributed by atoms with E-state index in [1.807, 2.05) is 0 Å². The molecule has 0 saturated carbocycles. The Morgan fingerprint density at radius 1 is 1.22 bits per heavy atom. The predicted molar refractivity (Wildman–Crippen MR) is 79.9 cm³/mol. The predicted octanol–water partition coefficient (Wildman–Crippen LogP) is 0.476. The normalized spacial score (nSPS) is 11.5. The number of nitrogens with two attached hydrogens (primary N) is 1. The molecular formula is C14H17N3O6. The monoisotopic (exact) mass is 323 g/mol. The van der Waals surface area contributed by atoms with E-state index in [9.17, 15) is 24.5 Å². The minimum Gasteiger partial charge on any atom is -0.480 e. The number of carbonyl (C=O) groups excluding carboxylic acids is 2. The summed E-state index contributed by atoms with van der Waals surface area (Å²) in [5, 5.41) is 21.5. The number of carbonyl (C=O) groups is 3. The number of Topliss-reactive ketones (excluding diaryl/α,β-unsaturated/α-hetero) is 1. The number of nitro benzene ring substituents is 1. The lowest BCUT2D eigenvalue weighted by molar-refractivity contribution is -0.384. The molecule has 1 amide bonds. The van der Waals surface area contributed by atoms with Gasteiger partial charge in [-0.3, -0.25) is 24.5 Å². The summed E-state index contributed by atoms with van der Waals surface area (Å²) in [5.74, 6) is -2.69. The van der Waals surface area contributed by atoms with Gasteiger partial charge in [-0.1, -0.05) is 0 Å². The molecule has 0 saturated heterocycles. The van der Waals surface area contributed by atoms with Crippen molar-refractivity contribution in [3.05, 3.63) is 39.9 Å². The van der Waals surface area contributed by atoms with Crippen LogP contribution >= 0.6 is 0 Å². The summed E-state index contributed by atoms with van der Waals surface area (Å²) in [5.41, 5.74) is 5.21. The minimum absolute atomic E-state index is 0.0565. The Morgan fingerprint density at radius 3 is 2.35 bits per heavy atom. The molecular weight excluding hydrogens is 306 g/mol. The lowest BCUT2D eigenvalue weighted by atomic mass is 10.1. The number of unbranched alkanes of at least 4 members (excludes halogenated alkanes) is 1. The maximum atomic E-state index is 11.8. The third-order valence-electron chi connectivity index (χ3n) is 3.09. The van der Waals surface area contributed by atoms with Crippen LogP contribution < -0.4 is 11.1 Å². The van der Waals surface area contributed by atoms with E-state index in [4.69, 9.17) is 10.8 Å². The van der Waals surface area contributed by atoms with E-state index in [1.54, 1.807) is 0 Å². The molecule has 4 N–H and O–H groups in total. The first-order valence-electron chi connectivity index (χ1n) is 6.88. The van der Waals surface area contributed by atoms with Gasteiger partial charge in [0.1, 0.15) is 6.04 Å². The van der Waals surface area contributed by atoms with E-state index < -0.39 is 28.6 Å². The Bertz CT molecular complexity index is 599. The molecule has 1 aromatic carbocycles. The number of hydrogen-bond acceptors (Lipinski definition) is 6. The third kappa shape index (κ3) is 5.83. The zero-order valence-corrected chi connectivity index (χ0v) is 12.2. The van der Waals surface area contributed by atoms with Gasteiger partial charge in [-0.05, 0) is 31.4 Å². The molecule has 0 aliphatic heterocycles. The third-order valence-corrected chi connectivity index (χ3v) is 3.09. The first kappa shape index (κ1) is 18.2. The van der Waals surface area contributed by atoms with Gasteiger partial charge < -0.3 is 16.2 Å². The van der Waals surface area contributed by atoms with Gasteiger partial charge in [0.15, 0.2) is 0 Å². The summed E-state index contributed by atoms with van der Waals surface area (Å²) >= 11 is 0. The number of rotatable bonds is 9. The van der Waals surface area contributed by atoms with Crippen molar-refractivity contribution in [3.8, 4) is 0 Å². The van der Waals surface area contributed by atoms with Crippen LogP contribution in [0.3, 0.4) is 0 Å². The fraction of sp³-hybridized carbons (Fsp3) is 0.357. The van der Waals surface area contributed by atoms with Crippen molar-refractivity contribution in [2.45, 2.75) is 25.3 Å². The number of benzene rings is 1. The van der Waals surface area contributed by atoms with Crippen LogP contribution in [0.1, 0.15) is 29.6 Å². The van der Waals surface area contributed by atoms with Crippen molar-refractivity contribution >= 4 is 23.3 Å². The van der Waals surface area contributed by atoms with Gasteiger partial charge in [0.05, 0.1) is 4.92 Å². The Morgan fingerprint density at radius 2 is 1.83 bits per heavy atom. The highest BCUT2D eigenvalue weighted by Gasteiger charge is 2.17. The molecule has 0 radical (unpaired) electrons. The van der Waals surface area contributed by atoms with Crippen LogP contribution in [-0.2, 0) is 9.59 Å². The molecule has 1 aromatic rings. The molecule has 0 fully saturated rings. The molecule has 124 valence electrons. The van der Waals surface area contributed by atoms with Crippen LogP contribution in [0.15, 0.2) is 24.3 Å². The van der Waals surface area contributed by atoms with E-state index in [1.165, 1.54) is 12.1 Å². The molecule has 0 spiro atoms. The second-order valence-electron chi connectivity index (χ2n) is 4.83. The number of non-ortho nitro benzene ring substituents is 1. The first-order valence-corrected chi connectivity index (χ1v) is 6.88. The smallest absolute Gasteiger partial charge is 0.320 e. The number of amides is 1. The zero-order chi connectivity index (χ0) is 17.4. The lowest BCUT2D eigenvalue weighted by Crippen LogP contribution is -2.32. The summed E-state index contributed by atoms with van der Waals surface area (Å²) in [6.45, 7) is 0.212. The van der Waals surface area contributed by atoms with E-state index in [2.05, 4.69) is 5.32 Å². The number of carboxylic acid groups (broad SMARTS) is 1. The van der Waals surface area contributed by atoms with E-state index >= 15 is 0 Å². The van der Waals surface area contributed by atoms with Crippen LogP contribution in [0.2, 0.25) is 0 Å². The number of nitro groups is 1. The quantitative estimate of drug-likeness (QED) is 0.196.